The Labute approximate surface area is 78.0 Å². The molecule has 0 aromatic carbocycles. The molecule has 0 spiro atoms. The van der Waals surface area contributed by atoms with E-state index in [4.69, 9.17) is 19.2 Å². The van der Waals surface area contributed by atoms with E-state index in [2.05, 4.69) is 0 Å². The van der Waals surface area contributed by atoms with Crippen LogP contribution in [0.2, 0.25) is 0 Å². The Balaban J connectivity index is 1.96. The predicted molar refractivity (Wildman–Crippen MR) is 44.5 cm³/mol. The normalized spacial score (nSPS) is 41.8. The van der Waals surface area contributed by atoms with Crippen LogP contribution in [0.15, 0.2) is 0 Å². The maximum Gasteiger partial charge on any atom is 0.194 e. The third kappa shape index (κ3) is 2.64. The van der Waals surface area contributed by atoms with E-state index in [0.717, 1.165) is 25.7 Å². The van der Waals surface area contributed by atoms with E-state index in [9.17, 15) is 0 Å². The molecule has 4 nitrogen and oxygen atoms in total. The second-order valence-electron chi connectivity index (χ2n) is 3.53. The van der Waals surface area contributed by atoms with Gasteiger partial charge in [0.05, 0.1) is 0 Å². The molecule has 3 atom stereocenters. The van der Waals surface area contributed by atoms with Crippen molar-refractivity contribution in [2.45, 2.75) is 57.9 Å². The molecule has 2 saturated heterocycles. The second kappa shape index (κ2) is 4.37. The molecule has 2 rings (SSSR count). The second-order valence-corrected chi connectivity index (χ2v) is 3.53. The zero-order valence-corrected chi connectivity index (χ0v) is 7.90. The molecule has 3 unspecified atom stereocenters. The monoisotopic (exact) mass is 188 g/mol. The Hall–Kier alpha value is -0.160. The fraction of sp³-hybridized carbons (Fsp3) is 1.00. The van der Waals surface area contributed by atoms with E-state index in [1.807, 2.05) is 6.92 Å². The van der Waals surface area contributed by atoms with Crippen LogP contribution in [0, 0.1) is 0 Å². The molecule has 0 aromatic rings. The molecule has 0 saturated carbocycles. The lowest BCUT2D eigenvalue weighted by atomic mass is 10.1. The standard InChI is InChI=1S/C9H16O4/c1-7-10-8-5-3-2-4-6-9(11-8)13-12-7/h7-9H,2-6H2,1H3. The highest BCUT2D eigenvalue weighted by atomic mass is 17.3. The summed E-state index contributed by atoms with van der Waals surface area (Å²) in [5.41, 5.74) is 0. The Bertz CT molecular complexity index is 162. The first-order chi connectivity index (χ1) is 6.34. The molecular weight excluding hydrogens is 172 g/mol. The smallest absolute Gasteiger partial charge is 0.194 e. The van der Waals surface area contributed by atoms with E-state index in [-0.39, 0.29) is 18.9 Å². The Morgan fingerprint density at radius 3 is 2.46 bits per heavy atom. The van der Waals surface area contributed by atoms with Crippen molar-refractivity contribution in [2.24, 2.45) is 0 Å². The van der Waals surface area contributed by atoms with Crippen LogP contribution < -0.4 is 0 Å². The molecule has 2 aliphatic heterocycles. The van der Waals surface area contributed by atoms with Gasteiger partial charge in [0.2, 0.25) is 0 Å². The first-order valence-corrected chi connectivity index (χ1v) is 4.97. The lowest BCUT2D eigenvalue weighted by molar-refractivity contribution is -0.395. The summed E-state index contributed by atoms with van der Waals surface area (Å²) in [5, 5.41) is 0. The number of fused-ring (bicyclic) bond motifs is 2. The van der Waals surface area contributed by atoms with E-state index in [0.29, 0.717) is 0 Å². The maximum atomic E-state index is 5.55. The van der Waals surface area contributed by atoms with Crippen molar-refractivity contribution < 1.29 is 19.2 Å². The van der Waals surface area contributed by atoms with Gasteiger partial charge in [0.15, 0.2) is 18.9 Å². The van der Waals surface area contributed by atoms with Gasteiger partial charge >= 0.3 is 0 Å². The van der Waals surface area contributed by atoms with Gasteiger partial charge in [0.25, 0.3) is 0 Å². The van der Waals surface area contributed by atoms with Gasteiger partial charge in [0, 0.05) is 6.42 Å². The predicted octanol–water partition coefficient (Wildman–Crippen LogP) is 1.94. The van der Waals surface area contributed by atoms with Crippen LogP contribution in [0.4, 0.5) is 0 Å². The minimum absolute atomic E-state index is 0.150. The summed E-state index contributed by atoms with van der Waals surface area (Å²) in [6.07, 6.45) is 4.63. The van der Waals surface area contributed by atoms with Crippen molar-refractivity contribution in [1.29, 1.82) is 0 Å². The van der Waals surface area contributed by atoms with Crippen molar-refractivity contribution >= 4 is 0 Å². The summed E-state index contributed by atoms with van der Waals surface area (Å²) < 4.78 is 11.0. The van der Waals surface area contributed by atoms with Gasteiger partial charge in [-0.05, 0) is 26.2 Å². The molecule has 13 heavy (non-hydrogen) atoms. The highest BCUT2D eigenvalue weighted by Crippen LogP contribution is 2.23. The lowest BCUT2D eigenvalue weighted by Gasteiger charge is -2.21. The van der Waals surface area contributed by atoms with E-state index >= 15 is 0 Å². The fourth-order valence-corrected chi connectivity index (χ4v) is 1.65. The van der Waals surface area contributed by atoms with Crippen molar-refractivity contribution in [2.75, 3.05) is 0 Å². The van der Waals surface area contributed by atoms with Crippen LogP contribution in [0.3, 0.4) is 0 Å². The van der Waals surface area contributed by atoms with E-state index in [1.165, 1.54) is 6.42 Å². The van der Waals surface area contributed by atoms with Crippen LogP contribution in [-0.2, 0) is 19.2 Å². The van der Waals surface area contributed by atoms with Gasteiger partial charge in [-0.25, -0.2) is 9.78 Å². The van der Waals surface area contributed by atoms with Crippen LogP contribution >= 0.6 is 0 Å². The first kappa shape index (κ1) is 9.40. The van der Waals surface area contributed by atoms with Crippen LogP contribution in [-0.4, -0.2) is 18.9 Å². The number of rotatable bonds is 0. The number of ether oxygens (including phenoxy) is 2. The summed E-state index contributed by atoms with van der Waals surface area (Å²) >= 11 is 0. The third-order valence-corrected chi connectivity index (χ3v) is 2.33. The topological polar surface area (TPSA) is 36.9 Å². The van der Waals surface area contributed by atoms with Gasteiger partial charge in [-0.15, -0.1) is 0 Å². The molecule has 2 heterocycles. The van der Waals surface area contributed by atoms with Crippen LogP contribution in [0.25, 0.3) is 0 Å². The Morgan fingerprint density at radius 2 is 1.62 bits per heavy atom. The van der Waals surface area contributed by atoms with Crippen molar-refractivity contribution in [1.82, 2.24) is 0 Å². The van der Waals surface area contributed by atoms with Crippen LogP contribution in [0.1, 0.15) is 39.0 Å². The lowest BCUT2D eigenvalue weighted by Crippen LogP contribution is -2.25. The highest BCUT2D eigenvalue weighted by molar-refractivity contribution is 4.58. The summed E-state index contributed by atoms with van der Waals surface area (Å²) in [5.74, 6) is 0. The maximum absolute atomic E-state index is 5.55. The molecule has 0 amide bonds. The minimum atomic E-state index is -0.326. The molecule has 76 valence electrons. The summed E-state index contributed by atoms with van der Waals surface area (Å²) in [7, 11) is 0. The molecule has 4 heteroatoms. The quantitative estimate of drug-likeness (QED) is 0.544. The zero-order valence-electron chi connectivity index (χ0n) is 7.90. The summed E-state index contributed by atoms with van der Waals surface area (Å²) in [4.78, 5) is 10.1. The average Bonchev–Trinajstić information content (AvgIpc) is 2.24. The first-order valence-electron chi connectivity index (χ1n) is 4.97. The van der Waals surface area contributed by atoms with Gasteiger partial charge in [-0.2, -0.15) is 0 Å². The van der Waals surface area contributed by atoms with Crippen molar-refractivity contribution in [3.63, 3.8) is 0 Å². The zero-order chi connectivity index (χ0) is 9.10. The number of hydrogen-bond donors (Lipinski definition) is 0. The highest BCUT2D eigenvalue weighted by Gasteiger charge is 2.27. The molecule has 0 aliphatic carbocycles. The van der Waals surface area contributed by atoms with Gasteiger partial charge in [0.1, 0.15) is 0 Å². The average molecular weight is 188 g/mol. The molecule has 2 aliphatic rings. The molecule has 0 radical (unpaired) electrons. The molecular formula is C9H16O4. The molecule has 0 N–H and O–H groups in total. The third-order valence-electron chi connectivity index (χ3n) is 2.33. The van der Waals surface area contributed by atoms with Crippen molar-refractivity contribution in [3.05, 3.63) is 0 Å². The summed E-state index contributed by atoms with van der Waals surface area (Å²) in [6, 6.07) is 0. The number of hydrogen-bond acceptors (Lipinski definition) is 4. The minimum Gasteiger partial charge on any atom is -0.321 e. The molecule has 2 bridgehead atoms. The molecule has 2 fully saturated rings. The van der Waals surface area contributed by atoms with Gasteiger partial charge < -0.3 is 9.47 Å². The van der Waals surface area contributed by atoms with E-state index < -0.39 is 0 Å². The van der Waals surface area contributed by atoms with Gasteiger partial charge in [-0.1, -0.05) is 6.42 Å². The molecule has 0 aromatic heterocycles. The largest absolute Gasteiger partial charge is 0.321 e. The van der Waals surface area contributed by atoms with E-state index in [1.54, 1.807) is 0 Å². The SMILES string of the molecule is CC1OOC2CCCCCC(O1)O2. The Morgan fingerprint density at radius 1 is 0.846 bits per heavy atom. The fourth-order valence-electron chi connectivity index (χ4n) is 1.65. The summed E-state index contributed by atoms with van der Waals surface area (Å²) in [6.45, 7) is 1.82. The Kier molecular flexibility index (Phi) is 3.16. The van der Waals surface area contributed by atoms with Crippen LogP contribution in [0.5, 0.6) is 0 Å². The van der Waals surface area contributed by atoms with Crippen molar-refractivity contribution in [3.8, 4) is 0 Å². The van der Waals surface area contributed by atoms with Gasteiger partial charge in [-0.3, -0.25) is 0 Å².